The molecule has 2 atom stereocenters. The number of nitrogens with one attached hydrogen (secondary N) is 2. The highest BCUT2D eigenvalue weighted by Gasteiger charge is 2.59. The Morgan fingerprint density at radius 2 is 1.68 bits per heavy atom. The Morgan fingerprint density at radius 1 is 1.00 bits per heavy atom. The largest absolute Gasteiger partial charge is 0.443 e. The van der Waals surface area contributed by atoms with Crippen LogP contribution >= 0.6 is 0 Å². The molecule has 2 N–H and O–H groups in total. The Kier molecular flexibility index (Phi) is 5.32. The van der Waals surface area contributed by atoms with Crippen LogP contribution in [0, 0.1) is 11.8 Å². The lowest BCUT2D eigenvalue weighted by Crippen LogP contribution is -2.66. The molecule has 7 rings (SSSR count). The first kappa shape index (κ1) is 21.6. The Morgan fingerprint density at radius 3 is 2.35 bits per heavy atom. The summed E-state index contributed by atoms with van der Waals surface area (Å²) in [6.45, 7) is 2.16. The van der Waals surface area contributed by atoms with E-state index in [4.69, 9.17) is 4.74 Å². The Labute approximate surface area is 200 Å². The van der Waals surface area contributed by atoms with E-state index in [1.54, 1.807) is 12.4 Å². The van der Waals surface area contributed by atoms with Crippen molar-refractivity contribution in [3.63, 3.8) is 0 Å². The number of alkyl carbamates (subject to hydrolysis) is 1. The number of benzene rings is 1. The fourth-order valence-corrected chi connectivity index (χ4v) is 7.30. The fourth-order valence-electron chi connectivity index (χ4n) is 7.30. The minimum absolute atomic E-state index is 0.113. The molecule has 2 amide bonds. The van der Waals surface area contributed by atoms with Crippen LogP contribution in [-0.2, 0) is 29.2 Å². The Balaban J connectivity index is 1.08. The van der Waals surface area contributed by atoms with E-state index in [0.29, 0.717) is 38.0 Å². The standard InChI is InChI=1S/C27H32N4O3/c32-24(31-16-22-3-1-2-4-23(22)17-31)15-30-26-10-20-9-21(11-26)13-27(12-20,18-26)34-25(33)29-14-19-5-7-28-8-6-19/h1-8,20-21,30H,9-18H2,(H,29,33). The molecule has 0 radical (unpaired) electrons. The second kappa shape index (κ2) is 8.38. The topological polar surface area (TPSA) is 83.6 Å². The third-order valence-corrected chi connectivity index (χ3v) is 8.31. The highest BCUT2D eigenvalue weighted by atomic mass is 16.6. The van der Waals surface area contributed by atoms with Gasteiger partial charge in [0.2, 0.25) is 5.91 Å². The number of amides is 2. The molecule has 7 heteroatoms. The molecular weight excluding hydrogens is 428 g/mol. The molecule has 2 heterocycles. The van der Waals surface area contributed by atoms with Crippen LogP contribution in [0.4, 0.5) is 4.79 Å². The number of carbonyl (C=O) groups is 2. The SMILES string of the molecule is O=C(NCc1ccncc1)OC12CC3CC(CC(NCC(=O)N4Cc5ccccc5C4)(C3)C1)C2. The lowest BCUT2D eigenvalue weighted by Gasteiger charge is -2.61. The van der Waals surface area contributed by atoms with Crippen LogP contribution in [0.1, 0.15) is 55.2 Å². The Hall–Kier alpha value is -2.93. The van der Waals surface area contributed by atoms with Crippen molar-refractivity contribution in [1.82, 2.24) is 20.5 Å². The van der Waals surface area contributed by atoms with E-state index in [1.807, 2.05) is 29.2 Å². The van der Waals surface area contributed by atoms with Gasteiger partial charge in [0.1, 0.15) is 5.60 Å². The summed E-state index contributed by atoms with van der Waals surface area (Å²) in [7, 11) is 0. The number of carbonyl (C=O) groups excluding carboxylic acids is 2. The maximum Gasteiger partial charge on any atom is 0.407 e. The molecular formula is C27H32N4O3. The van der Waals surface area contributed by atoms with Crippen LogP contribution < -0.4 is 10.6 Å². The van der Waals surface area contributed by atoms with Crippen molar-refractivity contribution in [2.75, 3.05) is 6.54 Å². The smallest absolute Gasteiger partial charge is 0.407 e. The van der Waals surface area contributed by atoms with Crippen molar-refractivity contribution in [1.29, 1.82) is 0 Å². The maximum absolute atomic E-state index is 13.0. The average molecular weight is 461 g/mol. The van der Waals surface area contributed by atoms with Gasteiger partial charge in [-0.3, -0.25) is 9.78 Å². The van der Waals surface area contributed by atoms with Crippen molar-refractivity contribution in [3.05, 3.63) is 65.5 Å². The van der Waals surface area contributed by atoms with Gasteiger partial charge in [-0.25, -0.2) is 4.79 Å². The quantitative estimate of drug-likeness (QED) is 0.689. The normalized spacial score (nSPS) is 30.8. The van der Waals surface area contributed by atoms with E-state index < -0.39 is 5.60 Å². The van der Waals surface area contributed by atoms with Gasteiger partial charge >= 0.3 is 6.09 Å². The molecule has 1 aromatic carbocycles. The molecule has 2 aromatic rings. The lowest BCUT2D eigenvalue weighted by molar-refractivity contribution is -0.148. The van der Waals surface area contributed by atoms with Crippen LogP contribution in [0.25, 0.3) is 0 Å². The molecule has 7 nitrogen and oxygen atoms in total. The predicted octanol–water partition coefficient (Wildman–Crippen LogP) is 3.53. The molecule has 5 aliphatic rings. The number of aromatic nitrogens is 1. The second-order valence-electron chi connectivity index (χ2n) is 10.9. The van der Waals surface area contributed by atoms with E-state index in [2.05, 4.69) is 27.8 Å². The molecule has 4 saturated carbocycles. The van der Waals surface area contributed by atoms with E-state index in [-0.39, 0.29) is 17.5 Å². The zero-order valence-electron chi connectivity index (χ0n) is 19.5. The summed E-state index contributed by atoms with van der Waals surface area (Å²) in [4.78, 5) is 31.7. The zero-order chi connectivity index (χ0) is 23.2. The number of nitrogens with zero attached hydrogens (tertiary/aromatic N) is 2. The molecule has 178 valence electrons. The van der Waals surface area contributed by atoms with Crippen LogP contribution in [0.3, 0.4) is 0 Å². The third-order valence-electron chi connectivity index (χ3n) is 8.31. The summed E-state index contributed by atoms with van der Waals surface area (Å²) in [5.74, 6) is 1.25. The van der Waals surface area contributed by atoms with E-state index in [0.717, 1.165) is 37.7 Å². The van der Waals surface area contributed by atoms with Crippen molar-refractivity contribution in [2.45, 2.75) is 69.3 Å². The minimum atomic E-state index is -0.424. The molecule has 34 heavy (non-hydrogen) atoms. The number of fused-ring (bicyclic) bond motifs is 1. The van der Waals surface area contributed by atoms with Gasteiger partial charge in [0.25, 0.3) is 0 Å². The van der Waals surface area contributed by atoms with E-state index >= 15 is 0 Å². The molecule has 4 fully saturated rings. The molecule has 0 saturated heterocycles. The predicted molar refractivity (Wildman–Crippen MR) is 126 cm³/mol. The van der Waals surface area contributed by atoms with Gasteiger partial charge in [-0.1, -0.05) is 24.3 Å². The summed E-state index contributed by atoms with van der Waals surface area (Å²) >= 11 is 0. The van der Waals surface area contributed by atoms with Gasteiger partial charge in [-0.2, -0.15) is 0 Å². The van der Waals surface area contributed by atoms with Crippen LogP contribution in [0.2, 0.25) is 0 Å². The summed E-state index contributed by atoms with van der Waals surface area (Å²) in [6, 6.07) is 12.1. The molecule has 1 aromatic heterocycles. The van der Waals surface area contributed by atoms with Crippen LogP contribution in [-0.4, -0.2) is 39.6 Å². The third kappa shape index (κ3) is 4.17. The van der Waals surface area contributed by atoms with Crippen molar-refractivity contribution in [3.8, 4) is 0 Å². The molecule has 1 aliphatic heterocycles. The van der Waals surface area contributed by atoms with Gasteiger partial charge in [-0.15, -0.1) is 0 Å². The van der Waals surface area contributed by atoms with E-state index in [1.165, 1.54) is 17.5 Å². The Bertz CT molecular complexity index is 1050. The molecule has 4 aliphatic carbocycles. The monoisotopic (exact) mass is 460 g/mol. The summed E-state index contributed by atoms with van der Waals surface area (Å²) < 4.78 is 6.15. The van der Waals surface area contributed by atoms with Crippen molar-refractivity contribution >= 4 is 12.0 Å². The maximum atomic E-state index is 13.0. The summed E-state index contributed by atoms with van der Waals surface area (Å²) in [6.07, 6.45) is 9.11. The first-order valence-electron chi connectivity index (χ1n) is 12.5. The summed E-state index contributed by atoms with van der Waals surface area (Å²) in [5, 5.41) is 6.59. The zero-order valence-corrected chi connectivity index (χ0v) is 19.5. The first-order chi connectivity index (χ1) is 16.5. The second-order valence-corrected chi connectivity index (χ2v) is 10.9. The highest BCUT2D eigenvalue weighted by Crippen LogP contribution is 2.58. The molecule has 2 unspecified atom stereocenters. The van der Waals surface area contributed by atoms with Gasteiger partial charge in [-0.05, 0) is 72.8 Å². The van der Waals surface area contributed by atoms with Crippen LogP contribution in [0.5, 0.6) is 0 Å². The van der Waals surface area contributed by atoms with Gasteiger partial charge < -0.3 is 20.3 Å². The number of hydrogen-bond donors (Lipinski definition) is 2. The van der Waals surface area contributed by atoms with Crippen molar-refractivity contribution in [2.24, 2.45) is 11.8 Å². The number of pyridine rings is 1. The minimum Gasteiger partial charge on any atom is -0.443 e. The molecule has 0 spiro atoms. The first-order valence-corrected chi connectivity index (χ1v) is 12.5. The number of ether oxygens (including phenoxy) is 1. The number of hydrogen-bond acceptors (Lipinski definition) is 5. The number of rotatable bonds is 6. The highest BCUT2D eigenvalue weighted by molar-refractivity contribution is 5.79. The van der Waals surface area contributed by atoms with Gasteiger partial charge in [0, 0.05) is 44.0 Å². The molecule has 4 bridgehead atoms. The van der Waals surface area contributed by atoms with Crippen LogP contribution in [0.15, 0.2) is 48.8 Å². The average Bonchev–Trinajstić information content (AvgIpc) is 3.25. The van der Waals surface area contributed by atoms with E-state index in [9.17, 15) is 9.59 Å². The summed E-state index contributed by atoms with van der Waals surface area (Å²) in [5.41, 5.74) is 2.95. The van der Waals surface area contributed by atoms with Gasteiger partial charge in [0.05, 0.1) is 6.54 Å². The lowest BCUT2D eigenvalue weighted by atomic mass is 9.51. The van der Waals surface area contributed by atoms with Gasteiger partial charge in [0.15, 0.2) is 0 Å². The fraction of sp³-hybridized carbons (Fsp3) is 0.519. The van der Waals surface area contributed by atoms with Crippen molar-refractivity contribution < 1.29 is 14.3 Å².